The van der Waals surface area contributed by atoms with Gasteiger partial charge in [0.25, 0.3) is 0 Å². The second-order valence-corrected chi connectivity index (χ2v) is 14.1. The molecule has 1 amide bonds. The number of carbonyl (C=O) groups is 1. The van der Waals surface area contributed by atoms with E-state index in [4.69, 9.17) is 4.74 Å². The number of aromatic nitrogens is 1. The quantitative estimate of drug-likeness (QED) is 0.781. The van der Waals surface area contributed by atoms with Crippen molar-refractivity contribution in [3.8, 4) is 17.0 Å². The van der Waals surface area contributed by atoms with E-state index in [9.17, 15) is 9.90 Å². The van der Waals surface area contributed by atoms with Crippen LogP contribution in [-0.4, -0.2) is 47.3 Å². The third kappa shape index (κ3) is 3.78. The number of benzene rings is 1. The van der Waals surface area contributed by atoms with E-state index in [2.05, 4.69) is 48.9 Å². The van der Waals surface area contributed by atoms with Crippen LogP contribution in [0.25, 0.3) is 11.1 Å². The molecule has 6 heteroatoms. The molecule has 2 bridgehead atoms. The molecule has 0 saturated carbocycles. The molecule has 2 aliphatic rings. The lowest BCUT2D eigenvalue weighted by molar-refractivity contribution is 0.0477. The lowest BCUT2D eigenvalue weighted by atomic mass is 10.0. The number of nitrogens with zero attached hydrogens (tertiary/aromatic N) is 2. The number of piperidine rings is 1. The van der Waals surface area contributed by atoms with Crippen molar-refractivity contribution in [2.24, 2.45) is 0 Å². The molecule has 1 aromatic carbocycles. The first-order valence-corrected chi connectivity index (χ1v) is 13.6. The molecule has 0 aliphatic carbocycles. The summed E-state index contributed by atoms with van der Waals surface area (Å²) in [5.41, 5.74) is 2.24. The zero-order chi connectivity index (χ0) is 19.9. The SMILES string of the molecule is C[Si](C)(C)c1ccc(-c2ccc(OC3CC4CCC(C3)N4C(=O)O)nc2)cc1. The lowest BCUT2D eigenvalue weighted by Gasteiger charge is -2.36. The maximum atomic E-state index is 11.4. The molecule has 4 rings (SSSR count). The molecule has 2 aromatic rings. The van der Waals surface area contributed by atoms with Gasteiger partial charge in [-0.05, 0) is 24.5 Å². The van der Waals surface area contributed by atoms with Crippen molar-refractivity contribution in [3.05, 3.63) is 42.6 Å². The topological polar surface area (TPSA) is 62.7 Å². The Bertz CT molecular complexity index is 832. The summed E-state index contributed by atoms with van der Waals surface area (Å²) >= 11 is 0. The molecule has 3 heterocycles. The van der Waals surface area contributed by atoms with Crippen LogP contribution in [0, 0.1) is 0 Å². The molecule has 28 heavy (non-hydrogen) atoms. The maximum Gasteiger partial charge on any atom is 0.407 e. The van der Waals surface area contributed by atoms with E-state index in [-0.39, 0.29) is 18.2 Å². The van der Waals surface area contributed by atoms with E-state index in [0.29, 0.717) is 5.88 Å². The molecular weight excluding hydrogens is 368 g/mol. The molecule has 2 atom stereocenters. The summed E-state index contributed by atoms with van der Waals surface area (Å²) in [4.78, 5) is 17.5. The Labute approximate surface area is 167 Å². The molecule has 2 saturated heterocycles. The minimum absolute atomic E-state index is 0.0440. The van der Waals surface area contributed by atoms with Crippen LogP contribution in [0.15, 0.2) is 42.6 Å². The molecule has 1 aromatic heterocycles. The summed E-state index contributed by atoms with van der Waals surface area (Å²) in [6.07, 6.45) is 4.50. The maximum absolute atomic E-state index is 11.4. The van der Waals surface area contributed by atoms with Gasteiger partial charge in [-0.25, -0.2) is 9.78 Å². The van der Waals surface area contributed by atoms with Crippen LogP contribution < -0.4 is 9.92 Å². The number of amides is 1. The van der Waals surface area contributed by atoms with Gasteiger partial charge in [-0.3, -0.25) is 0 Å². The summed E-state index contributed by atoms with van der Waals surface area (Å²) in [6, 6.07) is 13.0. The zero-order valence-electron chi connectivity index (χ0n) is 16.8. The van der Waals surface area contributed by atoms with Crippen molar-refractivity contribution in [1.29, 1.82) is 0 Å². The molecule has 2 unspecified atom stereocenters. The van der Waals surface area contributed by atoms with Gasteiger partial charge in [-0.2, -0.15) is 0 Å². The number of fused-ring (bicyclic) bond motifs is 2. The van der Waals surface area contributed by atoms with Gasteiger partial charge in [-0.15, -0.1) is 0 Å². The third-order valence-electron chi connectivity index (χ3n) is 6.02. The summed E-state index contributed by atoms with van der Waals surface area (Å²) < 4.78 is 6.09. The number of hydrogen-bond donors (Lipinski definition) is 1. The van der Waals surface area contributed by atoms with Gasteiger partial charge in [0.1, 0.15) is 6.10 Å². The van der Waals surface area contributed by atoms with Crippen LogP contribution in [-0.2, 0) is 0 Å². The van der Waals surface area contributed by atoms with Crippen LogP contribution in [0.2, 0.25) is 19.6 Å². The van der Waals surface area contributed by atoms with E-state index >= 15 is 0 Å². The Morgan fingerprint density at radius 2 is 1.64 bits per heavy atom. The van der Waals surface area contributed by atoms with Crippen molar-refractivity contribution in [2.75, 3.05) is 0 Å². The molecule has 1 N–H and O–H groups in total. The molecular formula is C22H28N2O3Si. The minimum atomic E-state index is -1.29. The average molecular weight is 397 g/mol. The van der Waals surface area contributed by atoms with Gasteiger partial charge in [-0.1, -0.05) is 49.1 Å². The number of carboxylic acid groups (broad SMARTS) is 1. The number of pyridine rings is 1. The van der Waals surface area contributed by atoms with Crippen molar-refractivity contribution < 1.29 is 14.6 Å². The fraction of sp³-hybridized carbons (Fsp3) is 0.455. The predicted octanol–water partition coefficient (Wildman–Crippen LogP) is 4.35. The lowest BCUT2D eigenvalue weighted by Crippen LogP contribution is -2.48. The first kappa shape index (κ1) is 19.0. The molecule has 148 valence electrons. The fourth-order valence-corrected chi connectivity index (χ4v) is 5.66. The van der Waals surface area contributed by atoms with Gasteiger partial charge >= 0.3 is 6.09 Å². The highest BCUT2D eigenvalue weighted by Crippen LogP contribution is 2.37. The monoisotopic (exact) mass is 396 g/mol. The normalized spacial score (nSPS) is 24.2. The van der Waals surface area contributed by atoms with Crippen LogP contribution in [0.5, 0.6) is 5.88 Å². The molecule has 5 nitrogen and oxygen atoms in total. The highest BCUT2D eigenvalue weighted by Gasteiger charge is 2.44. The Morgan fingerprint density at radius 3 is 2.14 bits per heavy atom. The number of hydrogen-bond acceptors (Lipinski definition) is 3. The highest BCUT2D eigenvalue weighted by molar-refractivity contribution is 6.88. The summed E-state index contributed by atoms with van der Waals surface area (Å²) in [5.74, 6) is 0.621. The van der Waals surface area contributed by atoms with Crippen LogP contribution >= 0.6 is 0 Å². The van der Waals surface area contributed by atoms with Gasteiger partial charge in [0.15, 0.2) is 0 Å². The van der Waals surface area contributed by atoms with Crippen LogP contribution in [0.3, 0.4) is 0 Å². The highest BCUT2D eigenvalue weighted by atomic mass is 28.3. The van der Waals surface area contributed by atoms with Gasteiger partial charge < -0.3 is 14.7 Å². The Hall–Kier alpha value is -2.34. The molecule has 2 fully saturated rings. The Kier molecular flexibility index (Phi) is 4.91. The minimum Gasteiger partial charge on any atom is -0.474 e. The number of rotatable bonds is 4. The van der Waals surface area contributed by atoms with Gasteiger partial charge in [0, 0.05) is 42.8 Å². The largest absolute Gasteiger partial charge is 0.474 e. The third-order valence-corrected chi connectivity index (χ3v) is 8.08. The number of ether oxygens (including phenoxy) is 1. The second kappa shape index (κ2) is 7.24. The van der Waals surface area contributed by atoms with Crippen molar-refractivity contribution in [3.63, 3.8) is 0 Å². The van der Waals surface area contributed by atoms with Crippen LogP contribution in [0.4, 0.5) is 4.79 Å². The van der Waals surface area contributed by atoms with E-state index in [1.807, 2.05) is 18.3 Å². The first-order valence-electron chi connectivity index (χ1n) is 10.1. The Morgan fingerprint density at radius 1 is 1.04 bits per heavy atom. The molecule has 0 spiro atoms. The fourth-order valence-electron chi connectivity index (χ4n) is 4.49. The van der Waals surface area contributed by atoms with E-state index in [1.165, 1.54) is 5.19 Å². The van der Waals surface area contributed by atoms with E-state index in [0.717, 1.165) is 36.8 Å². The Balaban J connectivity index is 1.41. The van der Waals surface area contributed by atoms with Crippen molar-refractivity contribution in [2.45, 2.75) is 63.5 Å². The van der Waals surface area contributed by atoms with Crippen molar-refractivity contribution >= 4 is 19.4 Å². The summed E-state index contributed by atoms with van der Waals surface area (Å²) in [6.45, 7) is 7.05. The van der Waals surface area contributed by atoms with Gasteiger partial charge in [0.2, 0.25) is 5.88 Å². The average Bonchev–Trinajstić information content (AvgIpc) is 2.93. The second-order valence-electron chi connectivity index (χ2n) is 9.00. The zero-order valence-corrected chi connectivity index (χ0v) is 17.8. The standard InChI is InChI=1S/C22H28N2O3Si/c1-28(2,3)20-9-4-15(5-10-20)16-6-11-21(23-14-16)27-19-12-17-7-8-18(13-19)24(17)22(25)26/h4-6,9-11,14,17-19H,7-8,12-13H2,1-3H3,(H,25,26). The summed E-state index contributed by atoms with van der Waals surface area (Å²) in [5, 5.41) is 10.8. The van der Waals surface area contributed by atoms with Crippen molar-refractivity contribution in [1.82, 2.24) is 9.88 Å². The smallest absolute Gasteiger partial charge is 0.407 e. The van der Waals surface area contributed by atoms with E-state index in [1.54, 1.807) is 4.90 Å². The van der Waals surface area contributed by atoms with E-state index < -0.39 is 14.2 Å². The molecule has 0 radical (unpaired) electrons. The van der Waals surface area contributed by atoms with Crippen LogP contribution in [0.1, 0.15) is 25.7 Å². The predicted molar refractivity (Wildman–Crippen MR) is 113 cm³/mol. The summed E-state index contributed by atoms with van der Waals surface area (Å²) in [7, 11) is -1.29. The first-order chi connectivity index (χ1) is 13.3. The van der Waals surface area contributed by atoms with Gasteiger partial charge in [0.05, 0.1) is 8.07 Å². The molecule has 2 aliphatic heterocycles.